The molecule has 0 unspecified atom stereocenters. The highest BCUT2D eigenvalue weighted by atomic mass is 19.1. The van der Waals surface area contributed by atoms with Crippen molar-refractivity contribution >= 4 is 22.7 Å². The Morgan fingerprint density at radius 1 is 1.09 bits per heavy atom. The quantitative estimate of drug-likeness (QED) is 0.498. The van der Waals surface area contributed by atoms with E-state index >= 15 is 4.39 Å². The summed E-state index contributed by atoms with van der Waals surface area (Å²) in [5, 5.41) is 7.57. The standard InChI is InChI=1S/C24H26FN7O/c1-15-12-31(13-16(2)30(15)3)22-6-4-18(11-19(22)25)29-20-5-7-21(32-24(20)27-14-28-32)17-8-9-26-23(33)10-17/h4-11,14-16,29H,12-13H2,1-3H3,(H,26,33)/t15-,16+. The first kappa shape index (κ1) is 21.1. The summed E-state index contributed by atoms with van der Waals surface area (Å²) in [6.07, 6.45) is 3.05. The fourth-order valence-electron chi connectivity index (χ4n) is 4.43. The molecule has 4 aromatic rings. The number of halogens is 1. The minimum absolute atomic E-state index is 0.192. The molecule has 2 N–H and O–H groups in total. The van der Waals surface area contributed by atoms with Gasteiger partial charge in [-0.15, -0.1) is 0 Å². The van der Waals surface area contributed by atoms with Crippen LogP contribution < -0.4 is 15.8 Å². The molecular formula is C24H26FN7O. The van der Waals surface area contributed by atoms with E-state index in [9.17, 15) is 4.79 Å². The van der Waals surface area contributed by atoms with Crippen LogP contribution in [0.2, 0.25) is 0 Å². The lowest BCUT2D eigenvalue weighted by atomic mass is 10.1. The third-order valence-corrected chi connectivity index (χ3v) is 6.42. The van der Waals surface area contributed by atoms with Crippen LogP contribution in [0.15, 0.2) is 59.8 Å². The molecule has 0 bridgehead atoms. The lowest BCUT2D eigenvalue weighted by molar-refractivity contribution is 0.169. The van der Waals surface area contributed by atoms with Crippen LogP contribution in [0.3, 0.4) is 0 Å². The van der Waals surface area contributed by atoms with Crippen LogP contribution in [0.4, 0.5) is 21.5 Å². The van der Waals surface area contributed by atoms with Crippen LogP contribution in [0.1, 0.15) is 13.8 Å². The summed E-state index contributed by atoms with van der Waals surface area (Å²) in [6, 6.07) is 13.0. The summed E-state index contributed by atoms with van der Waals surface area (Å²) in [7, 11) is 2.11. The highest BCUT2D eigenvalue weighted by molar-refractivity contribution is 5.77. The summed E-state index contributed by atoms with van der Waals surface area (Å²) in [4.78, 5) is 23.1. The van der Waals surface area contributed by atoms with Gasteiger partial charge in [0.05, 0.1) is 17.1 Å². The molecule has 8 nitrogen and oxygen atoms in total. The van der Waals surface area contributed by atoms with Gasteiger partial charge in [-0.1, -0.05) is 0 Å². The number of fused-ring (bicyclic) bond motifs is 1. The smallest absolute Gasteiger partial charge is 0.248 e. The molecule has 0 amide bonds. The van der Waals surface area contributed by atoms with Crippen molar-refractivity contribution in [2.24, 2.45) is 0 Å². The average Bonchev–Trinajstić information content (AvgIpc) is 3.28. The third kappa shape index (κ3) is 3.95. The summed E-state index contributed by atoms with van der Waals surface area (Å²) in [5.74, 6) is -0.262. The maximum Gasteiger partial charge on any atom is 0.248 e. The highest BCUT2D eigenvalue weighted by Crippen LogP contribution is 2.30. The Kier molecular flexibility index (Phi) is 5.33. The van der Waals surface area contributed by atoms with Gasteiger partial charge in [0.15, 0.2) is 5.65 Å². The van der Waals surface area contributed by atoms with E-state index in [1.807, 2.05) is 24.3 Å². The van der Waals surface area contributed by atoms with Crippen molar-refractivity contribution in [3.63, 3.8) is 0 Å². The van der Waals surface area contributed by atoms with E-state index in [0.29, 0.717) is 34.8 Å². The first-order chi connectivity index (χ1) is 15.9. The number of pyridine rings is 2. The van der Waals surface area contributed by atoms with E-state index in [1.165, 1.54) is 18.5 Å². The van der Waals surface area contributed by atoms with Crippen molar-refractivity contribution in [1.29, 1.82) is 0 Å². The number of H-pyrrole nitrogens is 1. The lowest BCUT2D eigenvalue weighted by Crippen LogP contribution is -2.55. The molecule has 5 rings (SSSR count). The van der Waals surface area contributed by atoms with Crippen molar-refractivity contribution < 1.29 is 4.39 Å². The summed E-state index contributed by atoms with van der Waals surface area (Å²) >= 11 is 0. The fraction of sp³-hybridized carbons (Fsp3) is 0.292. The first-order valence-electron chi connectivity index (χ1n) is 11.0. The van der Waals surface area contributed by atoms with E-state index in [0.717, 1.165) is 24.3 Å². The molecule has 0 spiro atoms. The van der Waals surface area contributed by atoms with Crippen LogP contribution in [-0.4, -0.2) is 56.7 Å². The summed E-state index contributed by atoms with van der Waals surface area (Å²) in [6.45, 7) is 5.90. The predicted molar refractivity (Wildman–Crippen MR) is 128 cm³/mol. The van der Waals surface area contributed by atoms with Crippen molar-refractivity contribution in [3.8, 4) is 11.3 Å². The minimum Gasteiger partial charge on any atom is -0.366 e. The molecule has 0 radical (unpaired) electrons. The second-order valence-electron chi connectivity index (χ2n) is 8.63. The molecule has 1 aromatic carbocycles. The Labute approximate surface area is 190 Å². The molecule has 2 atom stereocenters. The molecule has 1 aliphatic rings. The zero-order valence-electron chi connectivity index (χ0n) is 18.8. The second kappa shape index (κ2) is 8.32. The number of nitrogens with one attached hydrogen (secondary N) is 2. The normalized spacial score (nSPS) is 19.2. The fourth-order valence-corrected chi connectivity index (χ4v) is 4.43. The number of hydrogen-bond acceptors (Lipinski definition) is 6. The molecule has 0 aliphatic carbocycles. The van der Waals surface area contributed by atoms with Crippen LogP contribution >= 0.6 is 0 Å². The van der Waals surface area contributed by atoms with Gasteiger partial charge >= 0.3 is 0 Å². The van der Waals surface area contributed by atoms with Gasteiger partial charge in [-0.3, -0.25) is 9.69 Å². The van der Waals surface area contributed by atoms with Gasteiger partial charge in [0.25, 0.3) is 0 Å². The van der Waals surface area contributed by atoms with E-state index in [2.05, 4.69) is 51.1 Å². The van der Waals surface area contributed by atoms with E-state index in [1.54, 1.807) is 16.8 Å². The van der Waals surface area contributed by atoms with Gasteiger partial charge in [0.1, 0.15) is 12.1 Å². The number of hydrogen-bond donors (Lipinski definition) is 2. The van der Waals surface area contributed by atoms with E-state index in [4.69, 9.17) is 0 Å². The molecule has 1 saturated heterocycles. The number of rotatable bonds is 4. The Balaban J connectivity index is 1.43. The van der Waals surface area contributed by atoms with Gasteiger partial charge in [-0.25, -0.2) is 13.9 Å². The average molecular weight is 448 g/mol. The maximum atomic E-state index is 15.1. The summed E-state index contributed by atoms with van der Waals surface area (Å²) < 4.78 is 16.8. The largest absolute Gasteiger partial charge is 0.366 e. The number of piperazine rings is 1. The molecule has 170 valence electrons. The number of aromatic nitrogens is 4. The monoisotopic (exact) mass is 447 g/mol. The zero-order valence-corrected chi connectivity index (χ0v) is 18.8. The van der Waals surface area contributed by atoms with E-state index in [-0.39, 0.29) is 11.4 Å². The molecule has 9 heteroatoms. The van der Waals surface area contributed by atoms with Crippen molar-refractivity contribution in [2.75, 3.05) is 30.4 Å². The van der Waals surface area contributed by atoms with Gasteiger partial charge in [0.2, 0.25) is 5.56 Å². The van der Waals surface area contributed by atoms with Crippen LogP contribution in [0, 0.1) is 5.82 Å². The maximum absolute atomic E-state index is 15.1. The van der Waals surface area contributed by atoms with Crippen molar-refractivity contribution in [1.82, 2.24) is 24.5 Å². The topological polar surface area (TPSA) is 81.6 Å². The van der Waals surface area contributed by atoms with Crippen LogP contribution in [0.25, 0.3) is 16.9 Å². The van der Waals surface area contributed by atoms with Gasteiger partial charge in [-0.2, -0.15) is 5.10 Å². The van der Waals surface area contributed by atoms with Crippen molar-refractivity contribution in [2.45, 2.75) is 25.9 Å². The molecular weight excluding hydrogens is 421 g/mol. The molecule has 33 heavy (non-hydrogen) atoms. The lowest BCUT2D eigenvalue weighted by Gasteiger charge is -2.43. The number of benzene rings is 1. The number of nitrogens with zero attached hydrogens (tertiary/aromatic N) is 5. The summed E-state index contributed by atoms with van der Waals surface area (Å²) in [5.41, 5.74) is 3.78. The molecule has 1 aliphatic heterocycles. The van der Waals surface area contributed by atoms with Gasteiger partial charge < -0.3 is 15.2 Å². The Morgan fingerprint density at radius 3 is 2.61 bits per heavy atom. The molecule has 1 fully saturated rings. The van der Waals surface area contributed by atoms with Crippen LogP contribution in [-0.2, 0) is 0 Å². The molecule has 4 heterocycles. The Hall–Kier alpha value is -3.72. The Morgan fingerprint density at radius 2 is 1.88 bits per heavy atom. The minimum atomic E-state index is -0.262. The van der Waals surface area contributed by atoms with Gasteiger partial charge in [0, 0.05) is 48.7 Å². The number of anilines is 3. The first-order valence-corrected chi connectivity index (χ1v) is 11.0. The van der Waals surface area contributed by atoms with Crippen LogP contribution in [0.5, 0.6) is 0 Å². The second-order valence-corrected chi connectivity index (χ2v) is 8.63. The third-order valence-electron chi connectivity index (χ3n) is 6.42. The molecule has 3 aromatic heterocycles. The van der Waals surface area contributed by atoms with Crippen molar-refractivity contribution in [3.05, 3.63) is 71.2 Å². The zero-order chi connectivity index (χ0) is 23.1. The van der Waals surface area contributed by atoms with Gasteiger partial charge in [-0.05, 0) is 57.3 Å². The Bertz CT molecular complexity index is 1350. The number of aromatic amines is 1. The number of likely N-dealkylation sites (N-methyl/N-ethyl adjacent to an activating group) is 1. The predicted octanol–water partition coefficient (Wildman–Crippen LogP) is 3.50. The van der Waals surface area contributed by atoms with E-state index < -0.39 is 0 Å². The molecule has 0 saturated carbocycles. The SMILES string of the molecule is C[C@@H]1CN(c2ccc(Nc3ccc(-c4cc[nH]c(=O)c4)n4ncnc34)cc2F)C[C@H](C)N1C. The highest BCUT2D eigenvalue weighted by Gasteiger charge is 2.28.